The molecule has 0 bridgehead atoms. The van der Waals surface area contributed by atoms with E-state index in [0.717, 1.165) is 38.9 Å². The van der Waals surface area contributed by atoms with Gasteiger partial charge in [0.25, 0.3) is 5.91 Å². The van der Waals surface area contributed by atoms with E-state index >= 15 is 0 Å². The van der Waals surface area contributed by atoms with Gasteiger partial charge in [0, 0.05) is 25.7 Å². The SMILES string of the molecule is O=C(c1cc(NCCc2ccccc2)ncn1)N1CCCCC1. The minimum atomic E-state index is 0.0122. The molecule has 1 N–H and O–H groups in total. The van der Waals surface area contributed by atoms with Crippen molar-refractivity contribution in [3.63, 3.8) is 0 Å². The van der Waals surface area contributed by atoms with Crippen molar-refractivity contribution in [3.05, 3.63) is 54.0 Å². The van der Waals surface area contributed by atoms with Gasteiger partial charge in [-0.2, -0.15) is 0 Å². The third kappa shape index (κ3) is 4.28. The first kappa shape index (κ1) is 15.5. The summed E-state index contributed by atoms with van der Waals surface area (Å²) in [5.74, 6) is 0.717. The van der Waals surface area contributed by atoms with E-state index in [2.05, 4.69) is 27.4 Å². The van der Waals surface area contributed by atoms with Crippen molar-refractivity contribution in [1.82, 2.24) is 14.9 Å². The number of hydrogen-bond donors (Lipinski definition) is 1. The minimum absolute atomic E-state index is 0.0122. The Morgan fingerprint density at radius 3 is 2.65 bits per heavy atom. The maximum Gasteiger partial charge on any atom is 0.272 e. The fourth-order valence-electron chi connectivity index (χ4n) is 2.81. The van der Waals surface area contributed by atoms with E-state index in [1.807, 2.05) is 23.1 Å². The van der Waals surface area contributed by atoms with Crippen LogP contribution in [0, 0.1) is 0 Å². The lowest BCUT2D eigenvalue weighted by Gasteiger charge is -2.26. The number of aromatic nitrogens is 2. The van der Waals surface area contributed by atoms with Gasteiger partial charge >= 0.3 is 0 Å². The summed E-state index contributed by atoms with van der Waals surface area (Å²) in [6, 6.07) is 12.0. The molecule has 0 unspecified atom stereocenters. The van der Waals surface area contributed by atoms with Crippen LogP contribution >= 0.6 is 0 Å². The summed E-state index contributed by atoms with van der Waals surface area (Å²) < 4.78 is 0. The Morgan fingerprint density at radius 2 is 1.87 bits per heavy atom. The standard InChI is InChI=1S/C18H22N4O/c23-18(22-11-5-2-6-12-22)16-13-17(21-14-20-16)19-10-9-15-7-3-1-4-8-15/h1,3-4,7-8,13-14H,2,5-6,9-12H2,(H,19,20,21). The Morgan fingerprint density at radius 1 is 1.09 bits per heavy atom. The molecule has 0 atom stereocenters. The van der Waals surface area contributed by atoms with Gasteiger partial charge in [-0.3, -0.25) is 4.79 Å². The molecule has 1 amide bonds. The molecule has 5 heteroatoms. The number of likely N-dealkylation sites (tertiary alicyclic amines) is 1. The molecule has 1 aromatic heterocycles. The molecule has 2 heterocycles. The van der Waals surface area contributed by atoms with Crippen LogP contribution in [0.25, 0.3) is 0 Å². The van der Waals surface area contributed by atoms with Gasteiger partial charge in [0.15, 0.2) is 0 Å². The first-order chi connectivity index (χ1) is 11.3. The Bertz CT molecular complexity index is 638. The molecular weight excluding hydrogens is 288 g/mol. The Hall–Kier alpha value is -2.43. The van der Waals surface area contributed by atoms with E-state index in [1.54, 1.807) is 6.07 Å². The van der Waals surface area contributed by atoms with Crippen LogP contribution in [0.15, 0.2) is 42.7 Å². The van der Waals surface area contributed by atoms with Crippen molar-refractivity contribution in [1.29, 1.82) is 0 Å². The lowest BCUT2D eigenvalue weighted by Crippen LogP contribution is -2.36. The molecular formula is C18H22N4O. The molecule has 0 radical (unpaired) electrons. The Balaban J connectivity index is 1.57. The number of nitrogens with one attached hydrogen (secondary N) is 1. The molecule has 3 rings (SSSR count). The monoisotopic (exact) mass is 310 g/mol. The van der Waals surface area contributed by atoms with Gasteiger partial charge in [0.05, 0.1) is 0 Å². The van der Waals surface area contributed by atoms with Crippen LogP contribution in [-0.2, 0) is 6.42 Å². The highest BCUT2D eigenvalue weighted by Gasteiger charge is 2.19. The first-order valence-electron chi connectivity index (χ1n) is 8.22. The van der Waals surface area contributed by atoms with Gasteiger partial charge in [0.1, 0.15) is 17.8 Å². The van der Waals surface area contributed by atoms with Crippen molar-refractivity contribution in [3.8, 4) is 0 Å². The largest absolute Gasteiger partial charge is 0.370 e. The fraction of sp³-hybridized carbons (Fsp3) is 0.389. The van der Waals surface area contributed by atoms with Crippen LogP contribution in [0.1, 0.15) is 35.3 Å². The Kier molecular flexibility index (Phi) is 5.19. The number of carbonyl (C=O) groups is 1. The van der Waals surface area contributed by atoms with Gasteiger partial charge in [-0.15, -0.1) is 0 Å². The highest BCUT2D eigenvalue weighted by Crippen LogP contribution is 2.13. The molecule has 0 saturated carbocycles. The molecule has 5 nitrogen and oxygen atoms in total. The number of rotatable bonds is 5. The van der Waals surface area contributed by atoms with Crippen LogP contribution in [0.5, 0.6) is 0 Å². The lowest BCUT2D eigenvalue weighted by molar-refractivity contribution is 0.0718. The normalized spacial score (nSPS) is 14.5. The molecule has 0 aliphatic carbocycles. The number of anilines is 1. The summed E-state index contributed by atoms with van der Waals surface area (Å²) in [5, 5.41) is 3.27. The van der Waals surface area contributed by atoms with E-state index in [0.29, 0.717) is 11.5 Å². The van der Waals surface area contributed by atoms with Crippen molar-refractivity contribution in [2.45, 2.75) is 25.7 Å². The average molecular weight is 310 g/mol. The van der Waals surface area contributed by atoms with Gasteiger partial charge in [-0.05, 0) is 31.2 Å². The fourth-order valence-corrected chi connectivity index (χ4v) is 2.81. The zero-order chi connectivity index (χ0) is 15.9. The molecule has 1 aromatic carbocycles. The number of benzene rings is 1. The van der Waals surface area contributed by atoms with Crippen molar-refractivity contribution in [2.24, 2.45) is 0 Å². The lowest BCUT2D eigenvalue weighted by atomic mass is 10.1. The molecule has 1 saturated heterocycles. The third-order valence-electron chi connectivity index (χ3n) is 4.09. The van der Waals surface area contributed by atoms with E-state index in [-0.39, 0.29) is 5.91 Å². The predicted octanol–water partition coefficient (Wildman–Crippen LogP) is 2.76. The van der Waals surface area contributed by atoms with Crippen molar-refractivity contribution < 1.29 is 4.79 Å². The van der Waals surface area contributed by atoms with E-state index in [9.17, 15) is 4.79 Å². The maximum absolute atomic E-state index is 12.5. The van der Waals surface area contributed by atoms with Crippen molar-refractivity contribution >= 4 is 11.7 Å². The summed E-state index contributed by atoms with van der Waals surface area (Å²) in [7, 11) is 0. The van der Waals surface area contributed by atoms with Crippen LogP contribution in [0.3, 0.4) is 0 Å². The first-order valence-corrected chi connectivity index (χ1v) is 8.22. The zero-order valence-corrected chi connectivity index (χ0v) is 13.2. The maximum atomic E-state index is 12.5. The van der Waals surface area contributed by atoms with E-state index in [1.165, 1.54) is 18.3 Å². The van der Waals surface area contributed by atoms with Crippen LogP contribution in [0.2, 0.25) is 0 Å². The highest BCUT2D eigenvalue weighted by molar-refractivity contribution is 5.92. The Labute approximate surface area is 136 Å². The van der Waals surface area contributed by atoms with Gasteiger partial charge < -0.3 is 10.2 Å². The molecule has 23 heavy (non-hydrogen) atoms. The summed E-state index contributed by atoms with van der Waals surface area (Å²) in [6.07, 6.45) is 5.75. The number of piperidine rings is 1. The molecule has 0 spiro atoms. The summed E-state index contributed by atoms with van der Waals surface area (Å²) in [5.41, 5.74) is 1.75. The van der Waals surface area contributed by atoms with Crippen LogP contribution < -0.4 is 5.32 Å². The predicted molar refractivity (Wildman–Crippen MR) is 90.4 cm³/mol. The number of carbonyl (C=O) groups excluding carboxylic acids is 1. The summed E-state index contributed by atoms with van der Waals surface area (Å²) >= 11 is 0. The average Bonchev–Trinajstić information content (AvgIpc) is 2.63. The second-order valence-corrected chi connectivity index (χ2v) is 5.80. The van der Waals surface area contributed by atoms with Gasteiger partial charge in [-0.25, -0.2) is 9.97 Å². The number of nitrogens with zero attached hydrogens (tertiary/aromatic N) is 3. The second-order valence-electron chi connectivity index (χ2n) is 5.80. The number of hydrogen-bond acceptors (Lipinski definition) is 4. The zero-order valence-electron chi connectivity index (χ0n) is 13.2. The second kappa shape index (κ2) is 7.72. The van der Waals surface area contributed by atoms with Crippen molar-refractivity contribution in [2.75, 3.05) is 25.0 Å². The van der Waals surface area contributed by atoms with Crippen LogP contribution in [0.4, 0.5) is 5.82 Å². The van der Waals surface area contributed by atoms with E-state index < -0.39 is 0 Å². The minimum Gasteiger partial charge on any atom is -0.370 e. The molecule has 1 aliphatic rings. The number of amides is 1. The third-order valence-corrected chi connectivity index (χ3v) is 4.09. The van der Waals surface area contributed by atoms with Gasteiger partial charge in [-0.1, -0.05) is 30.3 Å². The smallest absolute Gasteiger partial charge is 0.272 e. The molecule has 1 fully saturated rings. The quantitative estimate of drug-likeness (QED) is 0.922. The molecule has 1 aliphatic heterocycles. The summed E-state index contributed by atoms with van der Waals surface area (Å²) in [4.78, 5) is 22.7. The van der Waals surface area contributed by atoms with Crippen LogP contribution in [-0.4, -0.2) is 40.4 Å². The molecule has 120 valence electrons. The van der Waals surface area contributed by atoms with Gasteiger partial charge in [0.2, 0.25) is 0 Å². The highest BCUT2D eigenvalue weighted by atomic mass is 16.2. The van der Waals surface area contributed by atoms with E-state index in [4.69, 9.17) is 0 Å². The topological polar surface area (TPSA) is 58.1 Å². The molecule has 2 aromatic rings. The summed E-state index contributed by atoms with van der Waals surface area (Å²) in [6.45, 7) is 2.44.